The van der Waals surface area contributed by atoms with E-state index in [1.54, 1.807) is 0 Å². The molecule has 0 aliphatic rings. The number of nitrogens with zero attached hydrogens (tertiary/aromatic N) is 1. The van der Waals surface area contributed by atoms with Crippen molar-refractivity contribution in [2.24, 2.45) is 0 Å². The molecule has 0 saturated carbocycles. The average Bonchev–Trinajstić information content (AvgIpc) is 3.01. The van der Waals surface area contributed by atoms with Gasteiger partial charge in [0, 0.05) is 11.1 Å². The number of aromatic amines is 1. The van der Waals surface area contributed by atoms with Crippen molar-refractivity contribution in [3.8, 4) is 22.5 Å². The van der Waals surface area contributed by atoms with Crippen LogP contribution in [0.3, 0.4) is 0 Å². The Morgan fingerprint density at radius 2 is 1.55 bits per heavy atom. The largest absolute Gasteiger partial charge is 0.317 e. The van der Waals surface area contributed by atoms with Crippen LogP contribution in [0.4, 0.5) is 0 Å². The lowest BCUT2D eigenvalue weighted by molar-refractivity contribution is 0.718. The van der Waals surface area contributed by atoms with E-state index >= 15 is 0 Å². The fourth-order valence-electron chi connectivity index (χ4n) is 2.68. The molecule has 1 heterocycles. The zero-order valence-electron chi connectivity index (χ0n) is 12.8. The second-order valence-corrected chi connectivity index (χ2v) is 5.26. The smallest absolute Gasteiger partial charge is 0.0959 e. The molecule has 1 aromatic heterocycles. The van der Waals surface area contributed by atoms with E-state index in [0.29, 0.717) is 0 Å². The molecule has 22 heavy (non-hydrogen) atoms. The normalized spacial score (nSPS) is 10.8. The molecule has 3 aromatic rings. The summed E-state index contributed by atoms with van der Waals surface area (Å²) in [5.41, 5.74) is 5.80. The minimum Gasteiger partial charge on any atom is -0.317 e. The van der Waals surface area contributed by atoms with E-state index in [2.05, 4.69) is 71.0 Å². The Hall–Kier alpha value is -2.39. The van der Waals surface area contributed by atoms with Gasteiger partial charge in [-0.25, -0.2) is 0 Å². The molecule has 0 unspecified atom stereocenters. The van der Waals surface area contributed by atoms with E-state index in [4.69, 9.17) is 0 Å². The van der Waals surface area contributed by atoms with Crippen LogP contribution in [-0.2, 0) is 6.42 Å². The highest BCUT2D eigenvalue weighted by Crippen LogP contribution is 2.30. The number of rotatable bonds is 6. The zero-order valence-corrected chi connectivity index (χ0v) is 12.8. The van der Waals surface area contributed by atoms with Crippen LogP contribution in [0.1, 0.15) is 12.5 Å². The summed E-state index contributed by atoms with van der Waals surface area (Å²) >= 11 is 0. The first-order valence-electron chi connectivity index (χ1n) is 7.79. The molecule has 0 bridgehead atoms. The van der Waals surface area contributed by atoms with Gasteiger partial charge in [-0.15, -0.1) is 0 Å². The summed E-state index contributed by atoms with van der Waals surface area (Å²) in [7, 11) is 0. The van der Waals surface area contributed by atoms with Gasteiger partial charge in [0.2, 0.25) is 0 Å². The minimum absolute atomic E-state index is 0.954. The Morgan fingerprint density at radius 3 is 2.18 bits per heavy atom. The summed E-state index contributed by atoms with van der Waals surface area (Å²) in [5, 5.41) is 11.2. The van der Waals surface area contributed by atoms with Gasteiger partial charge in [0.05, 0.1) is 11.4 Å². The maximum Gasteiger partial charge on any atom is 0.0959 e. The Labute approximate surface area is 131 Å². The maximum atomic E-state index is 4.59. The number of likely N-dealkylation sites (N-methyl/N-ethyl adjacent to an activating group) is 1. The standard InChI is InChI=1S/C19H21N3/c1-2-20-14-13-17-18(15-9-5-3-6-10-15)21-22-19(17)16-11-7-4-8-12-16/h3-12,20H,2,13-14H2,1H3,(H,21,22). The number of nitrogens with one attached hydrogen (secondary N) is 2. The quantitative estimate of drug-likeness (QED) is 0.676. The monoisotopic (exact) mass is 291 g/mol. The van der Waals surface area contributed by atoms with Crippen molar-refractivity contribution < 1.29 is 0 Å². The first kappa shape index (κ1) is 14.5. The third-order valence-electron chi connectivity index (χ3n) is 3.78. The minimum atomic E-state index is 0.954. The fourth-order valence-corrected chi connectivity index (χ4v) is 2.68. The van der Waals surface area contributed by atoms with Crippen LogP contribution in [0.2, 0.25) is 0 Å². The Bertz CT molecular complexity index is 645. The molecule has 0 saturated heterocycles. The van der Waals surface area contributed by atoms with E-state index in [1.165, 1.54) is 11.1 Å². The van der Waals surface area contributed by atoms with Gasteiger partial charge in [0.15, 0.2) is 0 Å². The van der Waals surface area contributed by atoms with Gasteiger partial charge in [-0.3, -0.25) is 5.10 Å². The lowest BCUT2D eigenvalue weighted by Gasteiger charge is -2.07. The van der Waals surface area contributed by atoms with Crippen LogP contribution in [-0.4, -0.2) is 23.3 Å². The molecule has 3 rings (SSSR count). The molecule has 3 nitrogen and oxygen atoms in total. The molecule has 0 spiro atoms. The second kappa shape index (κ2) is 7.05. The summed E-state index contributed by atoms with van der Waals surface area (Å²) < 4.78 is 0. The van der Waals surface area contributed by atoms with Crippen molar-refractivity contribution in [1.29, 1.82) is 0 Å². The van der Waals surface area contributed by atoms with Crippen molar-refractivity contribution in [2.75, 3.05) is 13.1 Å². The predicted octanol–water partition coefficient (Wildman–Crippen LogP) is 3.90. The number of H-pyrrole nitrogens is 1. The topological polar surface area (TPSA) is 40.7 Å². The number of aromatic nitrogens is 2. The summed E-state index contributed by atoms with van der Waals surface area (Å²) in [4.78, 5) is 0. The van der Waals surface area contributed by atoms with Crippen molar-refractivity contribution in [3.63, 3.8) is 0 Å². The highest BCUT2D eigenvalue weighted by Gasteiger charge is 2.15. The van der Waals surface area contributed by atoms with Gasteiger partial charge in [-0.1, -0.05) is 67.6 Å². The molecular weight excluding hydrogens is 270 g/mol. The van der Waals surface area contributed by atoms with Gasteiger partial charge in [0.1, 0.15) is 0 Å². The van der Waals surface area contributed by atoms with Crippen molar-refractivity contribution in [3.05, 3.63) is 66.2 Å². The van der Waals surface area contributed by atoms with E-state index in [9.17, 15) is 0 Å². The van der Waals surface area contributed by atoms with E-state index in [1.807, 2.05) is 12.1 Å². The van der Waals surface area contributed by atoms with E-state index in [-0.39, 0.29) is 0 Å². The first-order chi connectivity index (χ1) is 10.9. The average molecular weight is 291 g/mol. The summed E-state index contributed by atoms with van der Waals surface area (Å²) in [5.74, 6) is 0. The molecule has 2 aromatic carbocycles. The second-order valence-electron chi connectivity index (χ2n) is 5.26. The molecule has 3 heteroatoms. The third-order valence-corrected chi connectivity index (χ3v) is 3.78. The molecule has 0 aliphatic heterocycles. The number of hydrogen-bond donors (Lipinski definition) is 2. The van der Waals surface area contributed by atoms with Gasteiger partial charge in [-0.05, 0) is 25.1 Å². The molecule has 2 N–H and O–H groups in total. The molecule has 0 fully saturated rings. The Balaban J connectivity index is 2.02. The zero-order chi connectivity index (χ0) is 15.2. The number of benzene rings is 2. The SMILES string of the molecule is CCNCCc1c(-c2ccccc2)n[nH]c1-c1ccccc1. The van der Waals surface area contributed by atoms with Gasteiger partial charge < -0.3 is 5.32 Å². The van der Waals surface area contributed by atoms with Crippen LogP contribution >= 0.6 is 0 Å². The van der Waals surface area contributed by atoms with Crippen LogP contribution in [0.15, 0.2) is 60.7 Å². The first-order valence-corrected chi connectivity index (χ1v) is 7.79. The van der Waals surface area contributed by atoms with E-state index < -0.39 is 0 Å². The molecule has 0 amide bonds. The van der Waals surface area contributed by atoms with Gasteiger partial charge in [-0.2, -0.15) is 5.10 Å². The van der Waals surface area contributed by atoms with Crippen molar-refractivity contribution in [1.82, 2.24) is 15.5 Å². The summed E-state index contributed by atoms with van der Waals surface area (Å²) in [6.07, 6.45) is 0.957. The lowest BCUT2D eigenvalue weighted by Crippen LogP contribution is -2.16. The summed E-state index contributed by atoms with van der Waals surface area (Å²) in [6, 6.07) is 20.8. The van der Waals surface area contributed by atoms with Crippen molar-refractivity contribution in [2.45, 2.75) is 13.3 Å². The number of hydrogen-bond acceptors (Lipinski definition) is 2. The van der Waals surface area contributed by atoms with Gasteiger partial charge >= 0.3 is 0 Å². The van der Waals surface area contributed by atoms with Crippen LogP contribution in [0.25, 0.3) is 22.5 Å². The van der Waals surface area contributed by atoms with Crippen LogP contribution in [0, 0.1) is 0 Å². The lowest BCUT2D eigenvalue weighted by atomic mass is 9.99. The highest BCUT2D eigenvalue weighted by molar-refractivity contribution is 5.74. The molecule has 0 radical (unpaired) electrons. The maximum absolute atomic E-state index is 4.59. The Kier molecular flexibility index (Phi) is 4.66. The molecular formula is C19H21N3. The summed E-state index contributed by atoms with van der Waals surface area (Å²) in [6.45, 7) is 4.07. The van der Waals surface area contributed by atoms with Crippen LogP contribution < -0.4 is 5.32 Å². The Morgan fingerprint density at radius 1 is 0.909 bits per heavy atom. The highest BCUT2D eigenvalue weighted by atomic mass is 15.1. The van der Waals surface area contributed by atoms with Crippen LogP contribution in [0.5, 0.6) is 0 Å². The molecule has 0 aliphatic carbocycles. The van der Waals surface area contributed by atoms with E-state index in [0.717, 1.165) is 36.5 Å². The van der Waals surface area contributed by atoms with Gasteiger partial charge in [0.25, 0.3) is 0 Å². The molecule has 112 valence electrons. The third kappa shape index (κ3) is 3.10. The molecule has 0 atom stereocenters. The van der Waals surface area contributed by atoms with Crippen molar-refractivity contribution >= 4 is 0 Å². The predicted molar refractivity (Wildman–Crippen MR) is 91.7 cm³/mol. The fraction of sp³-hybridized carbons (Fsp3) is 0.211.